The predicted octanol–water partition coefficient (Wildman–Crippen LogP) is 2.19. The number of anilines is 2. The summed E-state index contributed by atoms with van der Waals surface area (Å²) in [7, 11) is 0. The van der Waals surface area contributed by atoms with Gasteiger partial charge in [-0.05, 0) is 18.9 Å². The Kier molecular flexibility index (Phi) is 10.1. The highest BCUT2D eigenvalue weighted by molar-refractivity contribution is 5.80. The van der Waals surface area contributed by atoms with Crippen LogP contribution in [0.2, 0.25) is 0 Å². The average Bonchev–Trinajstić information content (AvgIpc) is 2.85. The molecule has 188 valence electrons. The molecule has 35 heavy (non-hydrogen) atoms. The summed E-state index contributed by atoms with van der Waals surface area (Å²) in [6, 6.07) is 11.8. The number of hydrogen-bond acceptors (Lipinski definition) is 9. The molecule has 1 aliphatic heterocycles. The number of ether oxygens (including phenoxy) is 2. The van der Waals surface area contributed by atoms with Crippen LogP contribution in [0.3, 0.4) is 0 Å². The van der Waals surface area contributed by atoms with Crippen molar-refractivity contribution in [2.24, 2.45) is 10.1 Å². The van der Waals surface area contributed by atoms with E-state index in [0.29, 0.717) is 38.0 Å². The molecule has 0 spiro atoms. The van der Waals surface area contributed by atoms with Crippen molar-refractivity contribution in [3.63, 3.8) is 0 Å². The quantitative estimate of drug-likeness (QED) is 0.144. The van der Waals surface area contributed by atoms with Crippen LogP contribution in [0, 0.1) is 17.0 Å². The van der Waals surface area contributed by atoms with Crippen molar-refractivity contribution in [3.05, 3.63) is 57.6 Å². The van der Waals surface area contributed by atoms with E-state index in [1.165, 1.54) is 0 Å². The van der Waals surface area contributed by atoms with Gasteiger partial charge in [-0.3, -0.25) is 5.43 Å². The summed E-state index contributed by atoms with van der Waals surface area (Å²) in [5.74, 6) is 1.06. The first kappa shape index (κ1) is 25.7. The zero-order valence-electron chi connectivity index (χ0n) is 20.1. The minimum atomic E-state index is -0.648. The van der Waals surface area contributed by atoms with Crippen molar-refractivity contribution in [1.29, 1.82) is 0 Å². The van der Waals surface area contributed by atoms with Crippen LogP contribution >= 0.6 is 0 Å². The van der Waals surface area contributed by atoms with Gasteiger partial charge in [-0.1, -0.05) is 42.2 Å². The molecule has 0 atom stereocenters. The number of hydrogen-bond donors (Lipinski definition) is 3. The fourth-order valence-corrected chi connectivity index (χ4v) is 3.32. The van der Waals surface area contributed by atoms with E-state index in [0.717, 1.165) is 36.3 Å². The van der Waals surface area contributed by atoms with Gasteiger partial charge in [0, 0.05) is 37.5 Å². The highest BCUT2D eigenvalue weighted by Gasteiger charge is 2.14. The number of pyridine rings is 1. The topological polar surface area (TPSA) is 139 Å². The Labute approximate surface area is 204 Å². The number of rotatable bonds is 11. The maximum atomic E-state index is 10.7. The van der Waals surface area contributed by atoms with Gasteiger partial charge in [0.05, 0.1) is 26.0 Å². The van der Waals surface area contributed by atoms with Crippen molar-refractivity contribution >= 4 is 23.7 Å². The Balaban J connectivity index is 1.65. The Morgan fingerprint density at radius 3 is 2.89 bits per heavy atom. The maximum absolute atomic E-state index is 10.7. The van der Waals surface area contributed by atoms with Crippen LogP contribution in [0.15, 0.2) is 46.5 Å². The van der Waals surface area contributed by atoms with Gasteiger partial charge in [0.15, 0.2) is 10.9 Å². The lowest BCUT2D eigenvalue weighted by molar-refractivity contribution is -0.525. The largest absolute Gasteiger partial charge is 0.476 e. The van der Waals surface area contributed by atoms with Crippen molar-refractivity contribution in [3.8, 4) is 5.88 Å². The van der Waals surface area contributed by atoms with Crippen molar-refractivity contribution in [2.45, 2.75) is 20.3 Å². The number of nitrogens with one attached hydrogen (secondary N) is 3. The summed E-state index contributed by atoms with van der Waals surface area (Å²) in [6.45, 7) is 7.83. The Hall–Kier alpha value is -3.93. The van der Waals surface area contributed by atoms with E-state index in [9.17, 15) is 10.1 Å². The second-order valence-electron chi connectivity index (χ2n) is 7.81. The highest BCUT2D eigenvalue weighted by atomic mass is 16.7. The summed E-state index contributed by atoms with van der Waals surface area (Å²) in [4.78, 5) is 21.6. The van der Waals surface area contributed by atoms with E-state index in [4.69, 9.17) is 9.47 Å². The molecule has 1 fully saturated rings. The van der Waals surface area contributed by atoms with Gasteiger partial charge in [-0.15, -0.1) is 0 Å². The fourth-order valence-electron chi connectivity index (χ4n) is 3.32. The van der Waals surface area contributed by atoms with Crippen molar-refractivity contribution < 1.29 is 14.5 Å². The predicted molar refractivity (Wildman–Crippen MR) is 136 cm³/mol. The Morgan fingerprint density at radius 2 is 2.14 bits per heavy atom. The van der Waals surface area contributed by atoms with Crippen LogP contribution in [0.4, 0.5) is 11.5 Å². The molecule has 2 aromatic rings. The third-order valence-corrected chi connectivity index (χ3v) is 4.93. The molecule has 1 saturated heterocycles. The first-order valence-electron chi connectivity index (χ1n) is 11.6. The third kappa shape index (κ3) is 9.08. The number of morpholine rings is 1. The third-order valence-electron chi connectivity index (χ3n) is 4.93. The molecule has 0 amide bonds. The lowest BCUT2D eigenvalue weighted by Crippen LogP contribution is -2.42. The van der Waals surface area contributed by atoms with E-state index in [2.05, 4.69) is 36.1 Å². The molecular weight excluding hydrogens is 452 g/mol. The van der Waals surface area contributed by atoms with Gasteiger partial charge in [0.2, 0.25) is 5.88 Å². The Bertz CT molecular complexity index is 1020. The monoisotopic (exact) mass is 484 g/mol. The molecule has 1 aromatic heterocycles. The number of aromatic nitrogens is 1. The number of hydrazine groups is 1. The molecule has 0 radical (unpaired) electrons. The molecule has 12 nitrogen and oxygen atoms in total. The highest BCUT2D eigenvalue weighted by Crippen LogP contribution is 2.24. The molecule has 0 saturated carbocycles. The molecule has 3 rings (SSSR count). The van der Waals surface area contributed by atoms with Gasteiger partial charge in [-0.2, -0.15) is 10.1 Å². The van der Waals surface area contributed by atoms with Gasteiger partial charge < -0.3 is 19.7 Å². The van der Waals surface area contributed by atoms with E-state index in [1.54, 1.807) is 6.21 Å². The number of hydrazone groups is 1. The van der Waals surface area contributed by atoms with E-state index >= 15 is 0 Å². The van der Waals surface area contributed by atoms with Gasteiger partial charge in [-0.25, -0.2) is 15.1 Å². The van der Waals surface area contributed by atoms with Crippen LogP contribution in [0.1, 0.15) is 24.5 Å². The van der Waals surface area contributed by atoms with Gasteiger partial charge in [0.25, 0.3) is 5.96 Å². The van der Waals surface area contributed by atoms with Crippen LogP contribution in [0.5, 0.6) is 5.88 Å². The van der Waals surface area contributed by atoms with Crippen LogP contribution in [-0.2, 0) is 4.74 Å². The second-order valence-corrected chi connectivity index (χ2v) is 7.81. The maximum Gasteiger partial charge on any atom is 0.254 e. The van der Waals surface area contributed by atoms with Crippen LogP contribution in [-0.4, -0.2) is 68.2 Å². The van der Waals surface area contributed by atoms with Crippen LogP contribution < -0.4 is 25.8 Å². The fraction of sp³-hybridized carbons (Fsp3) is 0.435. The molecule has 1 aliphatic rings. The molecule has 3 N–H and O–H groups in total. The number of guanidine groups is 1. The molecule has 0 aliphatic carbocycles. The summed E-state index contributed by atoms with van der Waals surface area (Å²) < 4.78 is 11.3. The molecule has 0 bridgehead atoms. The van der Waals surface area contributed by atoms with Crippen molar-refractivity contribution in [1.82, 2.24) is 15.7 Å². The van der Waals surface area contributed by atoms with Gasteiger partial charge >= 0.3 is 0 Å². The number of aliphatic imine (C=N–C) groups is 1. The number of aryl methyl sites for hydroxylation is 1. The molecule has 12 heteroatoms. The van der Waals surface area contributed by atoms with Crippen molar-refractivity contribution in [2.75, 3.05) is 56.3 Å². The lowest BCUT2D eigenvalue weighted by Gasteiger charge is -2.29. The minimum absolute atomic E-state index is 0.100. The van der Waals surface area contributed by atoms with Crippen LogP contribution in [0.25, 0.3) is 0 Å². The molecule has 0 unspecified atom stereocenters. The number of nitro groups is 1. The summed E-state index contributed by atoms with van der Waals surface area (Å²) in [5, 5.41) is 17.3. The average molecular weight is 485 g/mol. The molecule has 2 heterocycles. The zero-order chi connectivity index (χ0) is 24.9. The standard InChI is InChI=1S/C23H32N8O4/c1-3-7-24-23(29-31(32)33)25-8-11-35-22-16-20(30-9-12-34-13-10-30)15-21(27-22)28-26-17-19-6-4-5-18(2)14-19/h4-6,14-17H,3,7-13H2,1-2H3,(H,27,28)(H2,24,25,29). The summed E-state index contributed by atoms with van der Waals surface area (Å²) >= 11 is 0. The molecular formula is C23H32N8O4. The van der Waals surface area contributed by atoms with E-state index < -0.39 is 5.03 Å². The molecule has 1 aromatic carbocycles. The second kappa shape index (κ2) is 13.7. The normalized spacial score (nSPS) is 14.1. The minimum Gasteiger partial charge on any atom is -0.476 e. The lowest BCUT2D eigenvalue weighted by atomic mass is 10.2. The first-order valence-corrected chi connectivity index (χ1v) is 11.6. The van der Waals surface area contributed by atoms with E-state index in [1.807, 2.05) is 50.2 Å². The summed E-state index contributed by atoms with van der Waals surface area (Å²) in [6.07, 6.45) is 2.52. The Morgan fingerprint density at radius 1 is 1.31 bits per heavy atom. The summed E-state index contributed by atoms with van der Waals surface area (Å²) in [5.41, 5.74) is 8.13. The number of benzene rings is 1. The SMILES string of the molecule is CCCN=C(NCCOc1cc(N2CCOCC2)cc(NN=Cc2cccc(C)c2)n1)N[N+](=O)[O-]. The van der Waals surface area contributed by atoms with Gasteiger partial charge in [0.1, 0.15) is 6.61 Å². The number of nitrogens with zero attached hydrogens (tertiary/aromatic N) is 5. The van der Waals surface area contributed by atoms with E-state index in [-0.39, 0.29) is 12.6 Å². The first-order chi connectivity index (χ1) is 17.0. The smallest absolute Gasteiger partial charge is 0.254 e. The zero-order valence-corrected chi connectivity index (χ0v) is 20.1.